The van der Waals surface area contributed by atoms with Crippen molar-refractivity contribution in [3.05, 3.63) is 22.4 Å². The van der Waals surface area contributed by atoms with E-state index in [1.54, 1.807) is 18.4 Å². The van der Waals surface area contributed by atoms with E-state index in [-0.39, 0.29) is 12.1 Å². The van der Waals surface area contributed by atoms with Gasteiger partial charge in [0.2, 0.25) is 0 Å². The lowest BCUT2D eigenvalue weighted by Gasteiger charge is -2.13. The fourth-order valence-electron chi connectivity index (χ4n) is 1.15. The maximum absolute atomic E-state index is 11.4. The van der Waals surface area contributed by atoms with Crippen molar-refractivity contribution < 1.29 is 9.53 Å². The van der Waals surface area contributed by atoms with E-state index in [1.807, 2.05) is 24.4 Å². The molecule has 1 heterocycles. The third-order valence-electron chi connectivity index (χ3n) is 1.80. The fraction of sp³-hybridized carbons (Fsp3) is 0.500. The number of ether oxygens (including phenoxy) is 1. The highest BCUT2D eigenvalue weighted by molar-refractivity contribution is 7.09. The average Bonchev–Trinajstić information content (AvgIpc) is 2.67. The molecule has 0 unspecified atom stereocenters. The summed E-state index contributed by atoms with van der Waals surface area (Å²) in [5, 5.41) is 7.54. The van der Waals surface area contributed by atoms with E-state index in [1.165, 1.54) is 0 Å². The summed E-state index contributed by atoms with van der Waals surface area (Å²) in [5.41, 5.74) is 0. The number of amides is 2. The summed E-state index contributed by atoms with van der Waals surface area (Å²) in [6.07, 6.45) is 0. The summed E-state index contributed by atoms with van der Waals surface area (Å²) in [7, 11) is 1.61. The van der Waals surface area contributed by atoms with Crippen molar-refractivity contribution in [2.75, 3.05) is 13.7 Å². The van der Waals surface area contributed by atoms with Gasteiger partial charge in [0, 0.05) is 12.0 Å². The molecule has 1 rings (SSSR count). The lowest BCUT2D eigenvalue weighted by molar-refractivity contribution is 0.171. The second-order valence-electron chi connectivity index (χ2n) is 3.26. The molecule has 0 bridgehead atoms. The van der Waals surface area contributed by atoms with Gasteiger partial charge in [-0.05, 0) is 18.4 Å². The molecule has 1 atom stereocenters. The van der Waals surface area contributed by atoms with Crippen LogP contribution >= 0.6 is 11.3 Å². The number of rotatable bonds is 5. The minimum atomic E-state index is -0.159. The van der Waals surface area contributed by atoms with Crippen LogP contribution in [0.3, 0.4) is 0 Å². The molecule has 0 saturated heterocycles. The third-order valence-corrected chi connectivity index (χ3v) is 2.67. The Labute approximate surface area is 93.6 Å². The van der Waals surface area contributed by atoms with Crippen LogP contribution in [0.15, 0.2) is 17.5 Å². The van der Waals surface area contributed by atoms with Gasteiger partial charge in [-0.25, -0.2) is 4.79 Å². The molecule has 4 nitrogen and oxygen atoms in total. The minimum absolute atomic E-state index is 0.0262. The number of hydrogen-bond donors (Lipinski definition) is 2. The molecule has 2 amide bonds. The molecule has 0 aliphatic rings. The molecule has 0 aliphatic carbocycles. The number of hydrogen-bond acceptors (Lipinski definition) is 3. The summed E-state index contributed by atoms with van der Waals surface area (Å²) < 4.78 is 4.91. The van der Waals surface area contributed by atoms with E-state index in [4.69, 9.17) is 4.74 Å². The molecule has 2 N–H and O–H groups in total. The van der Waals surface area contributed by atoms with Crippen LogP contribution in [0, 0.1) is 0 Å². The lowest BCUT2D eigenvalue weighted by Crippen LogP contribution is -2.42. The molecule has 0 fully saturated rings. The smallest absolute Gasteiger partial charge is 0.315 e. The molecule has 1 aromatic rings. The standard InChI is InChI=1S/C10H16N2O2S/c1-8(7-14-2)12-10(13)11-6-9-4-3-5-15-9/h3-5,8H,6-7H2,1-2H3,(H2,11,12,13)/t8-/m0/s1. The van der Waals surface area contributed by atoms with Crippen LogP contribution in [0.25, 0.3) is 0 Å². The van der Waals surface area contributed by atoms with Gasteiger partial charge in [-0.1, -0.05) is 6.07 Å². The van der Waals surface area contributed by atoms with Crippen molar-refractivity contribution in [2.24, 2.45) is 0 Å². The van der Waals surface area contributed by atoms with Crippen LogP contribution in [-0.4, -0.2) is 25.8 Å². The summed E-state index contributed by atoms with van der Waals surface area (Å²) in [4.78, 5) is 12.5. The Balaban J connectivity index is 2.19. The van der Waals surface area contributed by atoms with Crippen molar-refractivity contribution in [1.29, 1.82) is 0 Å². The number of carbonyl (C=O) groups is 1. The maximum Gasteiger partial charge on any atom is 0.315 e. The number of thiophene rings is 1. The highest BCUT2D eigenvalue weighted by atomic mass is 32.1. The molecule has 1 aromatic heterocycles. The first-order valence-corrected chi connectivity index (χ1v) is 5.66. The van der Waals surface area contributed by atoms with Crippen molar-refractivity contribution >= 4 is 17.4 Å². The van der Waals surface area contributed by atoms with Crippen LogP contribution in [0.5, 0.6) is 0 Å². The molecule has 0 spiro atoms. The molecule has 0 saturated carbocycles. The average molecular weight is 228 g/mol. The van der Waals surface area contributed by atoms with E-state index in [9.17, 15) is 4.79 Å². The van der Waals surface area contributed by atoms with E-state index in [0.29, 0.717) is 13.2 Å². The number of urea groups is 1. The number of carbonyl (C=O) groups excluding carboxylic acids is 1. The summed E-state index contributed by atoms with van der Waals surface area (Å²) >= 11 is 1.63. The van der Waals surface area contributed by atoms with Gasteiger partial charge in [0.25, 0.3) is 0 Å². The molecule has 84 valence electrons. The molecule has 0 aromatic carbocycles. The van der Waals surface area contributed by atoms with Crippen LogP contribution in [0.1, 0.15) is 11.8 Å². The Bertz CT molecular complexity index is 288. The first-order chi connectivity index (χ1) is 7.22. The van der Waals surface area contributed by atoms with Gasteiger partial charge < -0.3 is 15.4 Å². The first-order valence-electron chi connectivity index (χ1n) is 4.78. The molecule has 0 radical (unpaired) electrons. The predicted octanol–water partition coefficient (Wildman–Crippen LogP) is 1.58. The van der Waals surface area contributed by atoms with Gasteiger partial charge in [-0.2, -0.15) is 0 Å². The first kappa shape index (κ1) is 12.0. The quantitative estimate of drug-likeness (QED) is 0.804. The lowest BCUT2D eigenvalue weighted by atomic mass is 10.4. The molecule has 15 heavy (non-hydrogen) atoms. The third kappa shape index (κ3) is 4.80. The van der Waals surface area contributed by atoms with Crippen LogP contribution in [-0.2, 0) is 11.3 Å². The zero-order valence-corrected chi connectivity index (χ0v) is 9.76. The normalized spacial score (nSPS) is 12.1. The minimum Gasteiger partial charge on any atom is -0.383 e. The Kier molecular flexibility index (Phi) is 5.14. The van der Waals surface area contributed by atoms with E-state index >= 15 is 0 Å². The number of nitrogens with one attached hydrogen (secondary N) is 2. The fourth-order valence-corrected chi connectivity index (χ4v) is 1.79. The summed E-state index contributed by atoms with van der Waals surface area (Å²) in [5.74, 6) is 0. The van der Waals surface area contributed by atoms with Gasteiger partial charge in [-0.3, -0.25) is 0 Å². The second kappa shape index (κ2) is 6.42. The van der Waals surface area contributed by atoms with Crippen molar-refractivity contribution in [3.63, 3.8) is 0 Å². The van der Waals surface area contributed by atoms with Crippen molar-refractivity contribution in [1.82, 2.24) is 10.6 Å². The molecule has 0 aliphatic heterocycles. The summed E-state index contributed by atoms with van der Waals surface area (Å²) in [6, 6.07) is 3.82. The molecule has 5 heteroatoms. The zero-order valence-electron chi connectivity index (χ0n) is 8.95. The van der Waals surface area contributed by atoms with Crippen LogP contribution < -0.4 is 10.6 Å². The van der Waals surface area contributed by atoms with Gasteiger partial charge in [0.1, 0.15) is 0 Å². The Morgan fingerprint density at radius 3 is 3.07 bits per heavy atom. The highest BCUT2D eigenvalue weighted by Gasteiger charge is 2.05. The van der Waals surface area contributed by atoms with E-state index in [0.717, 1.165) is 4.88 Å². The monoisotopic (exact) mass is 228 g/mol. The van der Waals surface area contributed by atoms with Crippen molar-refractivity contribution in [3.8, 4) is 0 Å². The Morgan fingerprint density at radius 1 is 1.67 bits per heavy atom. The number of methoxy groups -OCH3 is 1. The van der Waals surface area contributed by atoms with Gasteiger partial charge in [-0.15, -0.1) is 11.3 Å². The van der Waals surface area contributed by atoms with E-state index in [2.05, 4.69) is 10.6 Å². The maximum atomic E-state index is 11.4. The second-order valence-corrected chi connectivity index (χ2v) is 4.30. The predicted molar refractivity (Wildman–Crippen MR) is 61.0 cm³/mol. The van der Waals surface area contributed by atoms with E-state index < -0.39 is 0 Å². The van der Waals surface area contributed by atoms with Gasteiger partial charge >= 0.3 is 6.03 Å². The van der Waals surface area contributed by atoms with Gasteiger partial charge in [0.05, 0.1) is 19.2 Å². The topological polar surface area (TPSA) is 50.4 Å². The highest BCUT2D eigenvalue weighted by Crippen LogP contribution is 2.06. The van der Waals surface area contributed by atoms with Crippen molar-refractivity contribution in [2.45, 2.75) is 19.5 Å². The summed E-state index contributed by atoms with van der Waals surface area (Å²) in [6.45, 7) is 2.99. The SMILES string of the molecule is COC[C@H](C)NC(=O)NCc1cccs1. The molecular formula is C10H16N2O2S. The van der Waals surface area contributed by atoms with Crippen LogP contribution in [0.4, 0.5) is 4.79 Å². The Morgan fingerprint density at radius 2 is 2.47 bits per heavy atom. The Hall–Kier alpha value is -1.07. The largest absolute Gasteiger partial charge is 0.383 e. The van der Waals surface area contributed by atoms with Gasteiger partial charge in [0.15, 0.2) is 0 Å². The van der Waals surface area contributed by atoms with Crippen LogP contribution in [0.2, 0.25) is 0 Å². The molecular weight excluding hydrogens is 212 g/mol. The zero-order chi connectivity index (χ0) is 11.1.